The molecule has 2 heterocycles. The van der Waals surface area contributed by atoms with Crippen LogP contribution in [0.1, 0.15) is 34.3 Å². The second kappa shape index (κ2) is 4.71. The molecule has 0 aliphatic carbocycles. The van der Waals surface area contributed by atoms with E-state index in [1.165, 1.54) is 5.56 Å². The first kappa shape index (κ1) is 11.7. The molecule has 0 amide bonds. The van der Waals surface area contributed by atoms with Gasteiger partial charge in [0.2, 0.25) is 0 Å². The van der Waals surface area contributed by atoms with Crippen molar-refractivity contribution in [3.05, 3.63) is 45.9 Å². The van der Waals surface area contributed by atoms with E-state index < -0.39 is 0 Å². The maximum Gasteiger partial charge on any atom is 0.122 e. The van der Waals surface area contributed by atoms with Gasteiger partial charge in [-0.3, -0.25) is 0 Å². The lowest BCUT2D eigenvalue weighted by Gasteiger charge is -2.23. The summed E-state index contributed by atoms with van der Waals surface area (Å²) in [7, 11) is 0. The third kappa shape index (κ3) is 2.13. The fourth-order valence-corrected chi connectivity index (χ4v) is 3.14. The average molecular weight is 260 g/mol. The van der Waals surface area contributed by atoms with Crippen LogP contribution in [0, 0.1) is 0 Å². The molecule has 2 atom stereocenters. The van der Waals surface area contributed by atoms with Gasteiger partial charge in [0.25, 0.3) is 0 Å². The van der Waals surface area contributed by atoms with E-state index in [9.17, 15) is 0 Å². The maximum absolute atomic E-state index is 5.87. The smallest absolute Gasteiger partial charge is 0.122 e. The molecular weight excluding hydrogens is 244 g/mol. The van der Waals surface area contributed by atoms with Crippen LogP contribution in [-0.4, -0.2) is 11.6 Å². The number of benzene rings is 1. The molecule has 1 aliphatic rings. The topological polar surface area (TPSA) is 48.1 Å². The summed E-state index contributed by atoms with van der Waals surface area (Å²) in [6.07, 6.45) is 2.90. The van der Waals surface area contributed by atoms with E-state index in [1.807, 2.05) is 25.3 Å². The zero-order chi connectivity index (χ0) is 12.5. The molecule has 2 aromatic rings. The highest BCUT2D eigenvalue weighted by Crippen LogP contribution is 2.34. The summed E-state index contributed by atoms with van der Waals surface area (Å²) in [4.78, 5) is 5.64. The Labute approximate surface area is 111 Å². The Balaban J connectivity index is 1.83. The summed E-state index contributed by atoms with van der Waals surface area (Å²) >= 11 is 1.71. The Hall–Kier alpha value is -1.39. The fourth-order valence-electron chi connectivity index (χ4n) is 2.19. The molecular formula is C14H16N2OS. The molecule has 18 heavy (non-hydrogen) atoms. The molecule has 0 bridgehead atoms. The second-order valence-corrected chi connectivity index (χ2v) is 5.80. The van der Waals surface area contributed by atoms with Crippen molar-refractivity contribution >= 4 is 11.3 Å². The van der Waals surface area contributed by atoms with Crippen LogP contribution in [0.3, 0.4) is 0 Å². The number of thiazole rings is 1. The Morgan fingerprint density at radius 3 is 3.06 bits per heavy atom. The van der Waals surface area contributed by atoms with E-state index in [0.717, 1.165) is 22.1 Å². The summed E-state index contributed by atoms with van der Waals surface area (Å²) in [5.41, 5.74) is 7.14. The number of hydrogen-bond donors (Lipinski definition) is 1. The number of nitrogens with two attached hydrogens (primary N) is 1. The number of para-hydroxylation sites is 1. The van der Waals surface area contributed by atoms with Gasteiger partial charge in [0.15, 0.2) is 0 Å². The summed E-state index contributed by atoms with van der Waals surface area (Å²) in [6.45, 7) is 2.70. The highest BCUT2D eigenvalue weighted by Gasteiger charge is 2.23. The van der Waals surface area contributed by atoms with Crippen LogP contribution in [0.5, 0.6) is 5.75 Å². The highest BCUT2D eigenvalue weighted by molar-refractivity contribution is 7.11. The van der Waals surface area contributed by atoms with Crippen LogP contribution in [0.25, 0.3) is 0 Å². The van der Waals surface area contributed by atoms with Crippen LogP contribution in [0.4, 0.5) is 0 Å². The van der Waals surface area contributed by atoms with E-state index in [-0.39, 0.29) is 6.04 Å². The van der Waals surface area contributed by atoms with Crippen molar-refractivity contribution < 1.29 is 4.74 Å². The third-order valence-corrected chi connectivity index (χ3v) is 4.58. The van der Waals surface area contributed by atoms with Gasteiger partial charge in [-0.05, 0) is 25.0 Å². The van der Waals surface area contributed by atoms with Crippen molar-refractivity contribution in [3.63, 3.8) is 0 Å². The molecule has 0 fully saturated rings. The van der Waals surface area contributed by atoms with Crippen molar-refractivity contribution in [2.45, 2.75) is 25.3 Å². The fraction of sp³-hybridized carbons (Fsp3) is 0.357. The van der Waals surface area contributed by atoms with Gasteiger partial charge in [0, 0.05) is 23.0 Å². The molecule has 2 unspecified atom stereocenters. The molecule has 0 saturated heterocycles. The lowest BCUT2D eigenvalue weighted by molar-refractivity contribution is 0.262. The molecule has 3 rings (SSSR count). The number of hydrogen-bond acceptors (Lipinski definition) is 4. The van der Waals surface area contributed by atoms with E-state index >= 15 is 0 Å². The van der Waals surface area contributed by atoms with Crippen LogP contribution < -0.4 is 10.5 Å². The van der Waals surface area contributed by atoms with Crippen molar-refractivity contribution in [2.24, 2.45) is 5.73 Å². The lowest BCUT2D eigenvalue weighted by Crippen LogP contribution is -2.18. The van der Waals surface area contributed by atoms with Gasteiger partial charge in [0.1, 0.15) is 5.75 Å². The summed E-state index contributed by atoms with van der Waals surface area (Å²) in [5.74, 6) is 1.37. The Morgan fingerprint density at radius 2 is 2.28 bits per heavy atom. The van der Waals surface area contributed by atoms with Gasteiger partial charge < -0.3 is 10.5 Å². The van der Waals surface area contributed by atoms with E-state index in [0.29, 0.717) is 12.5 Å². The largest absolute Gasteiger partial charge is 0.493 e. The highest BCUT2D eigenvalue weighted by atomic mass is 32.1. The molecule has 1 aliphatic heterocycles. The molecule has 3 nitrogen and oxygen atoms in total. The van der Waals surface area contributed by atoms with Gasteiger partial charge in [-0.1, -0.05) is 18.2 Å². The van der Waals surface area contributed by atoms with E-state index in [2.05, 4.69) is 17.1 Å². The Bertz CT molecular complexity index is 550. The standard InChI is InChI=1S/C14H16N2OS/c1-9(15)13-7-16-14(18-13)11-6-10-4-2-3-5-12(10)17-8-11/h2-5,7,9,11H,6,8,15H2,1H3. The molecule has 2 N–H and O–H groups in total. The van der Waals surface area contributed by atoms with E-state index in [1.54, 1.807) is 11.3 Å². The molecule has 94 valence electrons. The van der Waals surface area contributed by atoms with Gasteiger partial charge >= 0.3 is 0 Å². The number of nitrogens with zero attached hydrogens (tertiary/aromatic N) is 1. The minimum Gasteiger partial charge on any atom is -0.493 e. The Kier molecular flexibility index (Phi) is 3.06. The number of aromatic nitrogens is 1. The third-order valence-electron chi connectivity index (χ3n) is 3.22. The van der Waals surface area contributed by atoms with Gasteiger partial charge in [-0.25, -0.2) is 4.98 Å². The van der Waals surface area contributed by atoms with Crippen LogP contribution >= 0.6 is 11.3 Å². The van der Waals surface area contributed by atoms with Gasteiger partial charge in [0.05, 0.1) is 11.6 Å². The maximum atomic E-state index is 5.87. The monoisotopic (exact) mass is 260 g/mol. The SMILES string of the molecule is CC(N)c1cnc(C2COc3ccccc3C2)s1. The first-order valence-corrected chi connectivity index (χ1v) is 6.97. The van der Waals surface area contributed by atoms with E-state index in [4.69, 9.17) is 10.5 Å². The second-order valence-electron chi connectivity index (χ2n) is 4.71. The molecule has 4 heteroatoms. The Morgan fingerprint density at radius 1 is 1.44 bits per heavy atom. The molecule has 0 spiro atoms. The first-order valence-electron chi connectivity index (χ1n) is 6.16. The first-order chi connectivity index (χ1) is 8.74. The zero-order valence-electron chi connectivity index (χ0n) is 10.3. The molecule has 0 radical (unpaired) electrons. The molecule has 0 saturated carbocycles. The summed E-state index contributed by atoms with van der Waals surface area (Å²) in [5, 5.41) is 1.14. The van der Waals surface area contributed by atoms with Crippen molar-refractivity contribution in [3.8, 4) is 5.75 Å². The van der Waals surface area contributed by atoms with Crippen LogP contribution in [0.15, 0.2) is 30.5 Å². The predicted molar refractivity (Wildman–Crippen MR) is 73.1 cm³/mol. The zero-order valence-corrected chi connectivity index (χ0v) is 11.1. The predicted octanol–water partition coefficient (Wildman–Crippen LogP) is 2.88. The summed E-state index contributed by atoms with van der Waals surface area (Å²) in [6, 6.07) is 8.28. The summed E-state index contributed by atoms with van der Waals surface area (Å²) < 4.78 is 5.80. The minimum absolute atomic E-state index is 0.0630. The van der Waals surface area contributed by atoms with Gasteiger partial charge in [-0.15, -0.1) is 11.3 Å². The van der Waals surface area contributed by atoms with Crippen molar-refractivity contribution in [1.82, 2.24) is 4.98 Å². The quantitative estimate of drug-likeness (QED) is 0.903. The average Bonchev–Trinajstić information content (AvgIpc) is 2.88. The van der Waals surface area contributed by atoms with Crippen LogP contribution in [-0.2, 0) is 6.42 Å². The van der Waals surface area contributed by atoms with Crippen LogP contribution in [0.2, 0.25) is 0 Å². The molecule has 1 aromatic carbocycles. The lowest BCUT2D eigenvalue weighted by atomic mass is 9.97. The van der Waals surface area contributed by atoms with Crippen molar-refractivity contribution in [2.75, 3.05) is 6.61 Å². The number of fused-ring (bicyclic) bond motifs is 1. The number of ether oxygens (including phenoxy) is 1. The van der Waals surface area contributed by atoms with Gasteiger partial charge in [-0.2, -0.15) is 0 Å². The normalized spacial score (nSPS) is 20.0. The number of rotatable bonds is 2. The minimum atomic E-state index is 0.0630. The molecule has 1 aromatic heterocycles. The van der Waals surface area contributed by atoms with Crippen molar-refractivity contribution in [1.29, 1.82) is 0 Å².